The third-order valence-corrected chi connectivity index (χ3v) is 7.79. The second-order valence-corrected chi connectivity index (χ2v) is 10.2. The third kappa shape index (κ3) is 5.15. The first-order valence-corrected chi connectivity index (χ1v) is 12.6. The van der Waals surface area contributed by atoms with Gasteiger partial charge in [-0.05, 0) is 38.8 Å². The molecule has 1 saturated heterocycles. The highest BCUT2D eigenvalue weighted by Gasteiger charge is 2.35. The van der Waals surface area contributed by atoms with E-state index in [0.29, 0.717) is 37.6 Å². The smallest absolute Gasteiger partial charge is 0.246 e. The van der Waals surface area contributed by atoms with Crippen molar-refractivity contribution < 1.29 is 17.7 Å². The molecule has 1 aliphatic heterocycles. The van der Waals surface area contributed by atoms with Crippen molar-refractivity contribution >= 4 is 15.9 Å². The number of sulfonamides is 1. The Kier molecular flexibility index (Phi) is 6.90. The van der Waals surface area contributed by atoms with Gasteiger partial charge >= 0.3 is 0 Å². The van der Waals surface area contributed by atoms with Crippen LogP contribution in [-0.4, -0.2) is 53.3 Å². The zero-order valence-electron chi connectivity index (χ0n) is 18.8. The van der Waals surface area contributed by atoms with Gasteiger partial charge in [0.2, 0.25) is 27.6 Å². The number of piperidine rings is 1. The molecule has 1 fully saturated rings. The number of amides is 1. The lowest BCUT2D eigenvalue weighted by Gasteiger charge is -2.33. The molecule has 33 heavy (non-hydrogen) atoms. The average Bonchev–Trinajstić information content (AvgIpc) is 3.32. The largest absolute Gasteiger partial charge is 0.337 e. The zero-order chi connectivity index (χ0) is 23.4. The lowest BCUT2D eigenvalue weighted by Crippen LogP contribution is -2.46. The van der Waals surface area contributed by atoms with Crippen molar-refractivity contribution in [2.75, 3.05) is 19.6 Å². The lowest BCUT2D eigenvalue weighted by atomic mass is 9.98. The van der Waals surface area contributed by atoms with Gasteiger partial charge in [0, 0.05) is 25.2 Å². The molecule has 0 radical (unpaired) electrons. The van der Waals surface area contributed by atoms with E-state index >= 15 is 0 Å². The van der Waals surface area contributed by atoms with Crippen LogP contribution in [-0.2, 0) is 21.4 Å². The van der Waals surface area contributed by atoms with Crippen LogP contribution < -0.4 is 0 Å². The maximum atomic E-state index is 13.3. The van der Waals surface area contributed by atoms with Crippen molar-refractivity contribution in [3.8, 4) is 11.4 Å². The van der Waals surface area contributed by atoms with Gasteiger partial charge in [-0.2, -0.15) is 9.29 Å². The Morgan fingerprint density at radius 1 is 1.15 bits per heavy atom. The summed E-state index contributed by atoms with van der Waals surface area (Å²) >= 11 is 0. The van der Waals surface area contributed by atoms with E-state index in [1.54, 1.807) is 29.2 Å². The third-order valence-electron chi connectivity index (χ3n) is 5.91. The number of hydrogen-bond acceptors (Lipinski definition) is 6. The first-order valence-electron chi connectivity index (χ1n) is 11.1. The molecule has 8 nitrogen and oxygen atoms in total. The first-order chi connectivity index (χ1) is 15.9. The van der Waals surface area contributed by atoms with Crippen LogP contribution in [0.25, 0.3) is 11.4 Å². The molecule has 2 heterocycles. The molecular formula is C24H28N4O4S. The van der Waals surface area contributed by atoms with E-state index in [9.17, 15) is 13.2 Å². The van der Waals surface area contributed by atoms with Crippen LogP contribution in [0.1, 0.15) is 31.2 Å². The summed E-state index contributed by atoms with van der Waals surface area (Å²) in [5.41, 5.74) is 1.83. The van der Waals surface area contributed by atoms with Crippen molar-refractivity contribution in [3.05, 3.63) is 66.1 Å². The van der Waals surface area contributed by atoms with Gasteiger partial charge in [-0.1, -0.05) is 53.2 Å². The fourth-order valence-electron chi connectivity index (χ4n) is 4.01. The number of aromatic nitrogens is 2. The second-order valence-electron chi connectivity index (χ2n) is 8.25. The zero-order valence-corrected chi connectivity index (χ0v) is 19.7. The monoisotopic (exact) mass is 468 g/mol. The van der Waals surface area contributed by atoms with E-state index in [2.05, 4.69) is 10.1 Å². The van der Waals surface area contributed by atoms with Crippen LogP contribution in [0, 0.1) is 12.8 Å². The predicted octanol–water partition coefficient (Wildman–Crippen LogP) is 3.49. The summed E-state index contributed by atoms with van der Waals surface area (Å²) in [5.74, 6) is 0.322. The number of rotatable bonds is 7. The predicted molar refractivity (Wildman–Crippen MR) is 123 cm³/mol. The fourth-order valence-corrected chi connectivity index (χ4v) is 5.54. The Hall–Kier alpha value is -3.04. The summed E-state index contributed by atoms with van der Waals surface area (Å²) in [6.45, 7) is 5.04. The fraction of sp³-hybridized carbons (Fsp3) is 0.375. The normalized spacial score (nSPS) is 17.1. The maximum absolute atomic E-state index is 13.3. The van der Waals surface area contributed by atoms with Crippen molar-refractivity contribution in [2.24, 2.45) is 5.92 Å². The first kappa shape index (κ1) is 23.1. The molecule has 4 rings (SSSR count). The van der Waals surface area contributed by atoms with Crippen LogP contribution in [0.5, 0.6) is 0 Å². The highest BCUT2D eigenvalue weighted by molar-refractivity contribution is 7.89. The molecule has 1 atom stereocenters. The van der Waals surface area contributed by atoms with E-state index in [0.717, 1.165) is 11.1 Å². The molecule has 0 bridgehead atoms. The standard InChI is InChI=1S/C24H28N4O4S/c1-3-27(17-22-25-23(26-32-22)19-8-5-4-6-9-19)24(29)20-10-7-15-28(16-20)33(30,31)21-13-11-18(2)12-14-21/h4-6,8-9,11-14,20H,3,7,10,15-17H2,1-2H3. The molecule has 1 unspecified atom stereocenters. The second kappa shape index (κ2) is 9.84. The van der Waals surface area contributed by atoms with E-state index in [1.807, 2.05) is 44.2 Å². The highest BCUT2D eigenvalue weighted by Crippen LogP contribution is 2.26. The van der Waals surface area contributed by atoms with Crippen molar-refractivity contribution in [2.45, 2.75) is 38.1 Å². The number of carbonyl (C=O) groups is 1. The Balaban J connectivity index is 1.45. The van der Waals surface area contributed by atoms with Crippen molar-refractivity contribution in [3.63, 3.8) is 0 Å². The van der Waals surface area contributed by atoms with Crippen LogP contribution in [0.15, 0.2) is 64.0 Å². The van der Waals surface area contributed by atoms with E-state index in [-0.39, 0.29) is 23.9 Å². The SMILES string of the molecule is CCN(Cc1nc(-c2ccccc2)no1)C(=O)C1CCCN(S(=O)(=O)c2ccc(C)cc2)C1. The minimum Gasteiger partial charge on any atom is -0.337 e. The topological polar surface area (TPSA) is 96.6 Å². The molecule has 0 spiro atoms. The minimum absolute atomic E-state index is 0.0965. The molecule has 2 aromatic carbocycles. The number of aryl methyl sites for hydroxylation is 1. The Morgan fingerprint density at radius 2 is 1.88 bits per heavy atom. The van der Waals surface area contributed by atoms with Gasteiger partial charge in [-0.25, -0.2) is 8.42 Å². The lowest BCUT2D eigenvalue weighted by molar-refractivity contribution is -0.137. The summed E-state index contributed by atoms with van der Waals surface area (Å²) in [6.07, 6.45) is 1.28. The molecular weight excluding hydrogens is 440 g/mol. The van der Waals surface area contributed by atoms with Crippen molar-refractivity contribution in [1.82, 2.24) is 19.3 Å². The average molecular weight is 469 g/mol. The molecule has 9 heteroatoms. The summed E-state index contributed by atoms with van der Waals surface area (Å²) in [4.78, 5) is 19.6. The van der Waals surface area contributed by atoms with E-state index < -0.39 is 15.9 Å². The molecule has 1 aliphatic rings. The highest BCUT2D eigenvalue weighted by atomic mass is 32.2. The quantitative estimate of drug-likeness (QED) is 0.527. The number of benzene rings is 2. The Bertz CT molecular complexity index is 1190. The van der Waals surface area contributed by atoms with Gasteiger partial charge in [0.25, 0.3) is 0 Å². The Morgan fingerprint density at radius 3 is 2.58 bits per heavy atom. The summed E-state index contributed by atoms with van der Waals surface area (Å²) in [6, 6.07) is 16.3. The van der Waals surface area contributed by atoms with Crippen LogP contribution in [0.4, 0.5) is 0 Å². The van der Waals surface area contributed by atoms with E-state index in [4.69, 9.17) is 4.52 Å². The van der Waals surface area contributed by atoms with Crippen LogP contribution in [0.2, 0.25) is 0 Å². The molecule has 1 aromatic heterocycles. The summed E-state index contributed by atoms with van der Waals surface area (Å²) < 4.78 is 33.0. The summed E-state index contributed by atoms with van der Waals surface area (Å²) in [5, 5.41) is 4.02. The van der Waals surface area contributed by atoms with Gasteiger partial charge in [0.05, 0.1) is 17.4 Å². The van der Waals surface area contributed by atoms with Gasteiger partial charge < -0.3 is 9.42 Å². The number of hydrogen-bond donors (Lipinski definition) is 0. The number of carbonyl (C=O) groups excluding carboxylic acids is 1. The summed E-state index contributed by atoms with van der Waals surface area (Å²) in [7, 11) is -3.64. The van der Waals surface area contributed by atoms with Crippen molar-refractivity contribution in [1.29, 1.82) is 0 Å². The minimum atomic E-state index is -3.64. The molecule has 0 N–H and O–H groups in total. The molecule has 1 amide bonds. The van der Waals surface area contributed by atoms with Gasteiger partial charge in [0.15, 0.2) is 0 Å². The maximum Gasteiger partial charge on any atom is 0.246 e. The molecule has 0 aliphatic carbocycles. The van der Waals surface area contributed by atoms with Gasteiger partial charge in [-0.15, -0.1) is 0 Å². The van der Waals surface area contributed by atoms with Gasteiger partial charge in [0.1, 0.15) is 0 Å². The van der Waals surface area contributed by atoms with Crippen LogP contribution >= 0.6 is 0 Å². The van der Waals surface area contributed by atoms with Crippen LogP contribution in [0.3, 0.4) is 0 Å². The van der Waals surface area contributed by atoms with Gasteiger partial charge in [-0.3, -0.25) is 4.79 Å². The Labute approximate surface area is 194 Å². The molecule has 174 valence electrons. The molecule has 3 aromatic rings. The number of nitrogens with zero attached hydrogens (tertiary/aromatic N) is 4. The molecule has 0 saturated carbocycles. The van der Waals surface area contributed by atoms with E-state index in [1.165, 1.54) is 4.31 Å².